The summed E-state index contributed by atoms with van der Waals surface area (Å²) in [5.41, 5.74) is 4.38. The first-order valence-electron chi connectivity index (χ1n) is 15.4. The van der Waals surface area contributed by atoms with Crippen LogP contribution in [-0.2, 0) is 25.7 Å². The summed E-state index contributed by atoms with van der Waals surface area (Å²) >= 11 is 0. The largest absolute Gasteiger partial charge is 0.363 e. The number of likely N-dealkylation sites (tertiary alicyclic amines) is 1. The van der Waals surface area contributed by atoms with Gasteiger partial charge in [-0.3, -0.25) is 24.0 Å². The van der Waals surface area contributed by atoms with Crippen LogP contribution in [0.4, 0.5) is 4.79 Å². The van der Waals surface area contributed by atoms with Gasteiger partial charge in [-0.2, -0.15) is 0 Å². The fourth-order valence-electron chi connectivity index (χ4n) is 5.60. The Morgan fingerprint density at radius 3 is 2.26 bits per heavy atom. The molecule has 4 atom stereocenters. The van der Waals surface area contributed by atoms with Crippen LogP contribution < -0.4 is 27.2 Å². The number of primary amides is 1. The number of hydrogen-bond acceptors (Lipinski definition) is 6. The highest BCUT2D eigenvalue weighted by molar-refractivity contribution is 6.37. The Hall–Kier alpha value is -3.70. The molecule has 1 aliphatic carbocycles. The lowest BCUT2D eigenvalue weighted by atomic mass is 9.81. The molecule has 12 heteroatoms. The number of rotatable bonds is 13. The first-order valence-corrected chi connectivity index (χ1v) is 15.4. The average molecular weight is 601 g/mol. The highest BCUT2D eigenvalue weighted by Crippen LogP contribution is 2.31. The smallest absolute Gasteiger partial charge is 0.315 e. The van der Waals surface area contributed by atoms with Gasteiger partial charge in [-0.05, 0) is 49.0 Å². The van der Waals surface area contributed by atoms with Crippen molar-refractivity contribution >= 4 is 29.5 Å². The molecule has 238 valence electrons. The number of carbonyl (C=O) groups is 5. The van der Waals surface area contributed by atoms with E-state index in [0.717, 1.165) is 19.3 Å². The van der Waals surface area contributed by atoms with E-state index in [1.54, 1.807) is 18.3 Å². The van der Waals surface area contributed by atoms with Crippen LogP contribution in [0.1, 0.15) is 79.6 Å². The predicted octanol–water partition coefficient (Wildman–Crippen LogP) is 1.70. The minimum atomic E-state index is -1.10. The summed E-state index contributed by atoms with van der Waals surface area (Å²) in [6.45, 7) is 9.92. The fourth-order valence-corrected chi connectivity index (χ4v) is 5.60. The van der Waals surface area contributed by atoms with Crippen molar-refractivity contribution in [3.8, 4) is 0 Å². The van der Waals surface area contributed by atoms with E-state index in [1.165, 1.54) is 15.5 Å². The number of nitrogens with one attached hydrogen (secondary N) is 3. The van der Waals surface area contributed by atoms with Crippen molar-refractivity contribution in [1.29, 1.82) is 0 Å². The van der Waals surface area contributed by atoms with Gasteiger partial charge in [0.25, 0.3) is 11.5 Å². The number of Topliss-reactive ketones (excluding diaryl/α,β-unsaturated/α-hetero) is 1. The highest BCUT2D eigenvalue weighted by atomic mass is 16.2. The van der Waals surface area contributed by atoms with Crippen LogP contribution in [0.5, 0.6) is 0 Å². The first kappa shape index (κ1) is 33.8. The molecular formula is C31H48N6O6. The SMILES string of the molecule is CC(C)[C@@H](Cn1ccccc1=O)NC(=O)N[C@H](C(=O)N1CCC[C@H]1C(=O)NC(CCC1CCC1)C(=O)C(N)=O)C(C)(C)C. The van der Waals surface area contributed by atoms with Crippen molar-refractivity contribution in [2.24, 2.45) is 23.0 Å². The van der Waals surface area contributed by atoms with Gasteiger partial charge in [0.2, 0.25) is 17.6 Å². The lowest BCUT2D eigenvalue weighted by molar-refractivity contribution is -0.143. The fraction of sp³-hybridized carbons (Fsp3) is 0.677. The van der Waals surface area contributed by atoms with Gasteiger partial charge < -0.3 is 31.2 Å². The maximum atomic E-state index is 13.9. The molecule has 3 rings (SSSR count). The van der Waals surface area contributed by atoms with E-state index in [1.807, 2.05) is 34.6 Å². The van der Waals surface area contributed by atoms with Crippen LogP contribution in [0.25, 0.3) is 0 Å². The molecule has 0 radical (unpaired) electrons. The minimum absolute atomic E-state index is 0.00588. The molecule has 5 amide bonds. The van der Waals surface area contributed by atoms with Gasteiger partial charge in [-0.15, -0.1) is 0 Å². The molecule has 0 bridgehead atoms. The maximum absolute atomic E-state index is 13.9. The van der Waals surface area contributed by atoms with Gasteiger partial charge in [0.05, 0.1) is 12.1 Å². The second kappa shape index (κ2) is 14.7. The Labute approximate surface area is 253 Å². The van der Waals surface area contributed by atoms with E-state index < -0.39 is 53.1 Å². The van der Waals surface area contributed by atoms with Crippen LogP contribution in [0, 0.1) is 17.3 Å². The number of amides is 5. The minimum Gasteiger partial charge on any atom is -0.363 e. The zero-order valence-electron chi connectivity index (χ0n) is 26.1. The molecule has 0 spiro atoms. The van der Waals surface area contributed by atoms with Crippen LogP contribution >= 0.6 is 0 Å². The zero-order valence-corrected chi connectivity index (χ0v) is 26.1. The van der Waals surface area contributed by atoms with Gasteiger partial charge in [-0.25, -0.2) is 4.79 Å². The van der Waals surface area contributed by atoms with Crippen molar-refractivity contribution < 1.29 is 24.0 Å². The lowest BCUT2D eigenvalue weighted by Gasteiger charge is -2.36. The third-order valence-electron chi connectivity index (χ3n) is 8.60. The average Bonchev–Trinajstić information content (AvgIpc) is 3.39. The number of ketones is 1. The standard InChI is InChI=1S/C31H48N6O6/c1-19(2)22(18-36-16-7-6-13-24(36)38)34-30(43)35-26(31(3,4)5)29(42)37-17-9-12-23(37)28(41)33-21(25(39)27(32)40)15-14-20-10-8-11-20/h6-7,13,16,19-23,26H,8-12,14-15,17-18H2,1-5H3,(H2,32,40)(H,33,41)(H2,34,35,43)/t21?,22-,23+,26-/m1/s1. The van der Waals surface area contributed by atoms with Gasteiger partial charge in [0.1, 0.15) is 12.1 Å². The number of urea groups is 1. The molecule has 0 aromatic carbocycles. The lowest BCUT2D eigenvalue weighted by Crippen LogP contribution is -2.61. The van der Waals surface area contributed by atoms with Gasteiger partial charge in [0.15, 0.2) is 0 Å². The van der Waals surface area contributed by atoms with E-state index in [4.69, 9.17) is 5.73 Å². The van der Waals surface area contributed by atoms with Crippen molar-refractivity contribution in [2.75, 3.05) is 6.54 Å². The number of aromatic nitrogens is 1. The van der Waals surface area contributed by atoms with Gasteiger partial charge in [-0.1, -0.05) is 59.9 Å². The van der Waals surface area contributed by atoms with Crippen LogP contribution in [0.2, 0.25) is 0 Å². The second-order valence-corrected chi connectivity index (χ2v) is 13.3. The van der Waals surface area contributed by atoms with Crippen molar-refractivity contribution in [3.05, 3.63) is 34.7 Å². The summed E-state index contributed by atoms with van der Waals surface area (Å²) in [6.07, 6.45) is 6.91. The third-order valence-corrected chi connectivity index (χ3v) is 8.60. The third kappa shape index (κ3) is 9.14. The summed E-state index contributed by atoms with van der Waals surface area (Å²) in [4.78, 5) is 78.4. The van der Waals surface area contributed by atoms with Gasteiger partial charge >= 0.3 is 6.03 Å². The summed E-state index contributed by atoms with van der Waals surface area (Å²) < 4.78 is 1.52. The number of nitrogens with two attached hydrogens (primary N) is 1. The normalized spacial score (nSPS) is 19.2. The number of nitrogens with zero attached hydrogens (tertiary/aromatic N) is 2. The number of hydrogen-bond donors (Lipinski definition) is 4. The number of carbonyl (C=O) groups excluding carboxylic acids is 5. The van der Waals surface area contributed by atoms with Crippen LogP contribution in [0.3, 0.4) is 0 Å². The van der Waals surface area contributed by atoms with Crippen LogP contribution in [0.15, 0.2) is 29.2 Å². The van der Waals surface area contributed by atoms with Crippen LogP contribution in [-0.4, -0.2) is 69.7 Å². The summed E-state index contributed by atoms with van der Waals surface area (Å²) in [5.74, 6) is -2.39. The van der Waals surface area contributed by atoms with E-state index >= 15 is 0 Å². The summed E-state index contributed by atoms with van der Waals surface area (Å²) in [6, 6.07) is 1.07. The molecule has 1 unspecified atom stereocenters. The molecule has 2 aliphatic rings. The molecule has 1 aliphatic heterocycles. The van der Waals surface area contributed by atoms with Gasteiger partial charge in [0, 0.05) is 25.4 Å². The Morgan fingerprint density at radius 1 is 1.00 bits per heavy atom. The molecule has 1 saturated heterocycles. The van der Waals surface area contributed by atoms with E-state index in [0.29, 0.717) is 38.1 Å². The number of pyridine rings is 1. The summed E-state index contributed by atoms with van der Waals surface area (Å²) in [5, 5.41) is 8.44. The molecule has 1 aromatic heterocycles. The Balaban J connectivity index is 1.70. The van der Waals surface area contributed by atoms with Crippen molar-refractivity contribution in [2.45, 2.75) is 110 Å². The topological polar surface area (TPSA) is 173 Å². The quantitative estimate of drug-likeness (QED) is 0.251. The molecule has 43 heavy (non-hydrogen) atoms. The van der Waals surface area contributed by atoms with E-state index in [2.05, 4.69) is 16.0 Å². The molecule has 1 aromatic rings. The Kier molecular flexibility index (Phi) is 11.5. The zero-order chi connectivity index (χ0) is 31.9. The highest BCUT2D eigenvalue weighted by Gasteiger charge is 2.43. The van der Waals surface area contributed by atoms with E-state index in [9.17, 15) is 28.8 Å². The molecule has 12 nitrogen and oxygen atoms in total. The summed E-state index contributed by atoms with van der Waals surface area (Å²) in [7, 11) is 0. The molecule has 2 fully saturated rings. The maximum Gasteiger partial charge on any atom is 0.315 e. The van der Waals surface area contributed by atoms with Crippen molar-refractivity contribution in [3.63, 3.8) is 0 Å². The Bertz CT molecular complexity index is 1230. The molecular weight excluding hydrogens is 552 g/mol. The predicted molar refractivity (Wildman–Crippen MR) is 162 cm³/mol. The van der Waals surface area contributed by atoms with Crippen molar-refractivity contribution in [1.82, 2.24) is 25.4 Å². The first-order chi connectivity index (χ1) is 20.2. The Morgan fingerprint density at radius 2 is 1.70 bits per heavy atom. The molecule has 1 saturated carbocycles. The monoisotopic (exact) mass is 600 g/mol. The second-order valence-electron chi connectivity index (χ2n) is 13.3. The molecule has 5 N–H and O–H groups in total. The molecule has 2 heterocycles. The van der Waals surface area contributed by atoms with E-state index in [-0.39, 0.29) is 24.1 Å².